The van der Waals surface area contributed by atoms with E-state index in [0.29, 0.717) is 5.92 Å². The Morgan fingerprint density at radius 3 is 2.55 bits per heavy atom. The van der Waals surface area contributed by atoms with Gasteiger partial charge in [-0.15, -0.1) is 11.3 Å². The molecule has 0 aliphatic rings. The lowest BCUT2D eigenvalue weighted by molar-refractivity contribution is 0.563. The number of nitrogens with zero attached hydrogens (tertiary/aromatic N) is 1. The quantitative estimate of drug-likeness (QED) is 0.830. The number of aryl methyl sites for hydroxylation is 3. The Balaban J connectivity index is 2.03. The maximum absolute atomic E-state index is 4.34. The molecule has 1 N–H and O–H groups in total. The van der Waals surface area contributed by atoms with Crippen LogP contribution < -0.4 is 5.32 Å². The molecular weight excluding hydrogens is 264 g/mol. The predicted octanol–water partition coefficient (Wildman–Crippen LogP) is 4.09. The minimum Gasteiger partial charge on any atom is -0.316 e. The van der Waals surface area contributed by atoms with Gasteiger partial charge in [-0.25, -0.2) is 4.98 Å². The summed E-state index contributed by atoms with van der Waals surface area (Å²) in [6.45, 7) is 8.50. The van der Waals surface area contributed by atoms with Crippen LogP contribution in [0.3, 0.4) is 0 Å². The SMILES string of the molecule is CCNCC(CCc1scnc1C)c1ccc(C)cc1. The third-order valence-corrected chi connectivity index (χ3v) is 4.75. The van der Waals surface area contributed by atoms with Crippen molar-refractivity contribution in [2.75, 3.05) is 13.1 Å². The average Bonchev–Trinajstić information content (AvgIpc) is 2.86. The molecule has 0 saturated heterocycles. The lowest BCUT2D eigenvalue weighted by atomic mass is 9.93. The molecule has 0 bridgehead atoms. The Kier molecular flexibility index (Phi) is 5.74. The van der Waals surface area contributed by atoms with Gasteiger partial charge in [0, 0.05) is 11.4 Å². The first-order valence-corrected chi connectivity index (χ1v) is 8.25. The largest absolute Gasteiger partial charge is 0.316 e. The summed E-state index contributed by atoms with van der Waals surface area (Å²) in [5, 5.41) is 3.49. The number of thiazole rings is 1. The molecule has 3 heteroatoms. The topological polar surface area (TPSA) is 24.9 Å². The Labute approximate surface area is 126 Å². The van der Waals surface area contributed by atoms with E-state index in [1.165, 1.54) is 28.1 Å². The van der Waals surface area contributed by atoms with Gasteiger partial charge in [-0.1, -0.05) is 36.8 Å². The van der Waals surface area contributed by atoms with Gasteiger partial charge in [-0.05, 0) is 44.7 Å². The molecule has 1 aromatic carbocycles. The average molecular weight is 288 g/mol. The standard InChI is InChI=1S/C17H24N2S/c1-4-18-11-16(15-7-5-13(2)6-8-15)9-10-17-14(3)19-12-20-17/h5-8,12,16,18H,4,9-11H2,1-3H3. The van der Waals surface area contributed by atoms with Gasteiger partial charge in [0.1, 0.15) is 0 Å². The molecular formula is C17H24N2S. The van der Waals surface area contributed by atoms with Crippen LogP contribution >= 0.6 is 11.3 Å². The number of aromatic nitrogens is 1. The number of nitrogens with one attached hydrogen (secondary N) is 1. The number of likely N-dealkylation sites (N-methyl/N-ethyl adjacent to an activating group) is 1. The minimum absolute atomic E-state index is 0.581. The summed E-state index contributed by atoms with van der Waals surface area (Å²) in [6.07, 6.45) is 2.31. The molecule has 0 saturated carbocycles. The smallest absolute Gasteiger partial charge is 0.0797 e. The highest BCUT2D eigenvalue weighted by molar-refractivity contribution is 7.09. The van der Waals surface area contributed by atoms with E-state index in [9.17, 15) is 0 Å². The zero-order valence-electron chi connectivity index (χ0n) is 12.6. The van der Waals surface area contributed by atoms with Crippen LogP contribution in [0.15, 0.2) is 29.8 Å². The van der Waals surface area contributed by atoms with Gasteiger partial charge in [0.05, 0.1) is 11.2 Å². The molecule has 0 fully saturated rings. The van der Waals surface area contributed by atoms with E-state index >= 15 is 0 Å². The van der Waals surface area contributed by atoms with Crippen molar-refractivity contribution in [1.29, 1.82) is 0 Å². The monoisotopic (exact) mass is 288 g/mol. The third-order valence-electron chi connectivity index (χ3n) is 3.75. The highest BCUT2D eigenvalue weighted by atomic mass is 32.1. The van der Waals surface area contributed by atoms with Gasteiger partial charge >= 0.3 is 0 Å². The van der Waals surface area contributed by atoms with Gasteiger partial charge < -0.3 is 5.32 Å². The van der Waals surface area contributed by atoms with E-state index in [-0.39, 0.29) is 0 Å². The fraction of sp³-hybridized carbons (Fsp3) is 0.471. The highest BCUT2D eigenvalue weighted by Crippen LogP contribution is 2.24. The molecule has 2 aromatic rings. The van der Waals surface area contributed by atoms with Crippen LogP contribution in [0.1, 0.15) is 41.0 Å². The molecule has 0 aliphatic heterocycles. The summed E-state index contributed by atoms with van der Waals surface area (Å²) in [5.74, 6) is 0.581. The number of rotatable bonds is 7. The van der Waals surface area contributed by atoms with Crippen LogP contribution in [0.2, 0.25) is 0 Å². The van der Waals surface area contributed by atoms with Gasteiger partial charge in [0.25, 0.3) is 0 Å². The maximum atomic E-state index is 4.34. The van der Waals surface area contributed by atoms with Crippen molar-refractivity contribution in [1.82, 2.24) is 10.3 Å². The Morgan fingerprint density at radius 2 is 1.95 bits per heavy atom. The number of hydrogen-bond acceptors (Lipinski definition) is 3. The highest BCUT2D eigenvalue weighted by Gasteiger charge is 2.12. The molecule has 1 heterocycles. The first-order chi connectivity index (χ1) is 9.70. The molecule has 0 spiro atoms. The van der Waals surface area contributed by atoms with Crippen molar-refractivity contribution in [2.45, 2.75) is 39.5 Å². The molecule has 1 atom stereocenters. The van der Waals surface area contributed by atoms with Crippen LogP contribution in [-0.2, 0) is 6.42 Å². The first kappa shape index (κ1) is 15.2. The van der Waals surface area contributed by atoms with Crippen molar-refractivity contribution in [3.05, 3.63) is 51.5 Å². The van der Waals surface area contributed by atoms with Gasteiger partial charge in [0.2, 0.25) is 0 Å². The van der Waals surface area contributed by atoms with Crippen LogP contribution in [0.5, 0.6) is 0 Å². The second-order valence-corrected chi connectivity index (χ2v) is 6.25. The molecule has 20 heavy (non-hydrogen) atoms. The Bertz CT molecular complexity index is 516. The molecule has 1 unspecified atom stereocenters. The summed E-state index contributed by atoms with van der Waals surface area (Å²) in [7, 11) is 0. The van der Waals surface area contributed by atoms with Crippen molar-refractivity contribution < 1.29 is 0 Å². The van der Waals surface area contributed by atoms with Crippen LogP contribution in [0.25, 0.3) is 0 Å². The zero-order valence-corrected chi connectivity index (χ0v) is 13.5. The van der Waals surface area contributed by atoms with Crippen LogP contribution in [-0.4, -0.2) is 18.1 Å². The van der Waals surface area contributed by atoms with Crippen molar-refractivity contribution in [3.63, 3.8) is 0 Å². The van der Waals surface area contributed by atoms with Crippen molar-refractivity contribution in [2.24, 2.45) is 0 Å². The lowest BCUT2D eigenvalue weighted by Gasteiger charge is -2.18. The molecule has 0 radical (unpaired) electrons. The molecule has 1 aromatic heterocycles. The van der Waals surface area contributed by atoms with E-state index < -0.39 is 0 Å². The summed E-state index contributed by atoms with van der Waals surface area (Å²) in [6, 6.07) is 8.98. The molecule has 0 amide bonds. The first-order valence-electron chi connectivity index (χ1n) is 7.37. The van der Waals surface area contributed by atoms with Crippen LogP contribution in [0.4, 0.5) is 0 Å². The number of hydrogen-bond donors (Lipinski definition) is 1. The molecule has 2 rings (SSSR count). The lowest BCUT2D eigenvalue weighted by Crippen LogP contribution is -2.21. The van der Waals surface area contributed by atoms with Gasteiger partial charge in [-0.2, -0.15) is 0 Å². The normalized spacial score (nSPS) is 12.6. The van der Waals surface area contributed by atoms with Crippen molar-refractivity contribution in [3.8, 4) is 0 Å². The maximum Gasteiger partial charge on any atom is 0.0797 e. The van der Waals surface area contributed by atoms with E-state index in [1.807, 2.05) is 5.51 Å². The van der Waals surface area contributed by atoms with Crippen molar-refractivity contribution >= 4 is 11.3 Å². The number of benzene rings is 1. The molecule has 2 nitrogen and oxygen atoms in total. The van der Waals surface area contributed by atoms with Crippen LogP contribution in [0, 0.1) is 13.8 Å². The zero-order chi connectivity index (χ0) is 14.4. The second-order valence-electron chi connectivity index (χ2n) is 5.31. The minimum atomic E-state index is 0.581. The fourth-order valence-electron chi connectivity index (χ4n) is 2.42. The molecule has 108 valence electrons. The van der Waals surface area contributed by atoms with E-state index in [1.54, 1.807) is 11.3 Å². The fourth-order valence-corrected chi connectivity index (χ4v) is 3.21. The van der Waals surface area contributed by atoms with Gasteiger partial charge in [-0.3, -0.25) is 0 Å². The molecule has 0 aliphatic carbocycles. The summed E-state index contributed by atoms with van der Waals surface area (Å²) in [4.78, 5) is 5.77. The second kappa shape index (κ2) is 7.55. The van der Waals surface area contributed by atoms with Gasteiger partial charge in [0.15, 0.2) is 0 Å². The van der Waals surface area contributed by atoms with E-state index in [2.05, 4.69) is 55.3 Å². The Hall–Kier alpha value is -1.19. The summed E-state index contributed by atoms with van der Waals surface area (Å²) in [5.41, 5.74) is 5.92. The summed E-state index contributed by atoms with van der Waals surface area (Å²) < 4.78 is 0. The van der Waals surface area contributed by atoms with E-state index in [0.717, 1.165) is 19.5 Å². The third kappa shape index (κ3) is 4.15. The van der Waals surface area contributed by atoms with E-state index in [4.69, 9.17) is 0 Å². The predicted molar refractivity (Wildman–Crippen MR) is 87.6 cm³/mol. The Morgan fingerprint density at radius 1 is 1.20 bits per heavy atom. The summed E-state index contributed by atoms with van der Waals surface area (Å²) >= 11 is 1.78.